The fourth-order valence-corrected chi connectivity index (χ4v) is 1.97. The number of hydrogen-bond donors (Lipinski definition) is 0. The van der Waals surface area contributed by atoms with Crippen LogP contribution in [0.2, 0.25) is 0 Å². The quantitative estimate of drug-likeness (QED) is 0.554. The molecular formula is C16H22N2. The van der Waals surface area contributed by atoms with E-state index in [4.69, 9.17) is 0 Å². The molecule has 2 aromatic heterocycles. The van der Waals surface area contributed by atoms with Crippen LogP contribution in [0.1, 0.15) is 27.7 Å². The highest BCUT2D eigenvalue weighted by Crippen LogP contribution is 2.25. The van der Waals surface area contributed by atoms with Gasteiger partial charge in [-0.05, 0) is 18.2 Å². The number of benzene rings is 1. The summed E-state index contributed by atoms with van der Waals surface area (Å²) in [5, 5.41) is 1.23. The molecule has 0 aliphatic rings. The average Bonchev–Trinajstić information content (AvgIpc) is 2.78. The van der Waals surface area contributed by atoms with E-state index >= 15 is 0 Å². The first-order valence-electron chi connectivity index (χ1n) is 6.66. The number of nitrogens with zero attached hydrogens (tertiary/aromatic N) is 2. The number of fused-ring (bicyclic) bond motifs is 3. The lowest BCUT2D eigenvalue weighted by molar-refractivity contribution is 1.01. The molecule has 18 heavy (non-hydrogen) atoms. The molecule has 0 amide bonds. The first-order chi connectivity index (χ1) is 8.88. The van der Waals surface area contributed by atoms with Crippen molar-refractivity contribution in [3.8, 4) is 0 Å². The van der Waals surface area contributed by atoms with Crippen molar-refractivity contribution in [2.24, 2.45) is 7.05 Å². The molecule has 0 atom stereocenters. The van der Waals surface area contributed by atoms with Gasteiger partial charge in [0.2, 0.25) is 0 Å². The zero-order chi connectivity index (χ0) is 13.5. The molecule has 2 heterocycles. The maximum absolute atomic E-state index is 4.41. The Balaban J connectivity index is 0.000000371. The van der Waals surface area contributed by atoms with Crippen LogP contribution < -0.4 is 0 Å². The molecule has 0 bridgehead atoms. The fourth-order valence-electron chi connectivity index (χ4n) is 1.97. The molecule has 0 aliphatic heterocycles. The van der Waals surface area contributed by atoms with Gasteiger partial charge in [0.25, 0.3) is 0 Å². The number of aryl methyl sites for hydroxylation is 1. The minimum atomic E-state index is 1.09. The van der Waals surface area contributed by atoms with Gasteiger partial charge in [-0.2, -0.15) is 0 Å². The molecule has 0 fully saturated rings. The minimum Gasteiger partial charge on any atom is -0.342 e. The van der Waals surface area contributed by atoms with Crippen LogP contribution >= 0.6 is 0 Å². The van der Waals surface area contributed by atoms with Crippen molar-refractivity contribution in [2.75, 3.05) is 0 Å². The Morgan fingerprint density at radius 2 is 1.44 bits per heavy atom. The number of para-hydroxylation sites is 1. The van der Waals surface area contributed by atoms with Crippen molar-refractivity contribution in [2.45, 2.75) is 27.7 Å². The van der Waals surface area contributed by atoms with Crippen molar-refractivity contribution < 1.29 is 0 Å². The molecule has 2 nitrogen and oxygen atoms in total. The van der Waals surface area contributed by atoms with Crippen LogP contribution in [0, 0.1) is 0 Å². The van der Waals surface area contributed by atoms with Crippen molar-refractivity contribution in [3.63, 3.8) is 0 Å². The van der Waals surface area contributed by atoms with Gasteiger partial charge in [0, 0.05) is 18.6 Å². The van der Waals surface area contributed by atoms with Gasteiger partial charge >= 0.3 is 0 Å². The summed E-state index contributed by atoms with van der Waals surface area (Å²) in [6, 6.07) is 12.4. The van der Waals surface area contributed by atoms with Gasteiger partial charge in [0.15, 0.2) is 0 Å². The van der Waals surface area contributed by atoms with E-state index in [-0.39, 0.29) is 0 Å². The summed E-state index contributed by atoms with van der Waals surface area (Å²) in [5.74, 6) is 0. The number of aromatic nitrogens is 2. The highest BCUT2D eigenvalue weighted by atomic mass is 15.0. The normalized spacial score (nSPS) is 9.39. The highest BCUT2D eigenvalue weighted by Gasteiger charge is 2.06. The number of pyridine rings is 1. The lowest BCUT2D eigenvalue weighted by Crippen LogP contribution is -1.85. The zero-order valence-corrected chi connectivity index (χ0v) is 11.9. The van der Waals surface area contributed by atoms with E-state index in [9.17, 15) is 0 Å². The van der Waals surface area contributed by atoms with E-state index in [0.29, 0.717) is 0 Å². The first kappa shape index (κ1) is 14.2. The van der Waals surface area contributed by atoms with Gasteiger partial charge in [-0.1, -0.05) is 45.9 Å². The molecule has 1 aromatic carbocycles. The van der Waals surface area contributed by atoms with Crippen molar-refractivity contribution in [1.29, 1.82) is 0 Å². The minimum absolute atomic E-state index is 1.09. The number of rotatable bonds is 0. The predicted molar refractivity (Wildman–Crippen MR) is 80.9 cm³/mol. The van der Waals surface area contributed by atoms with Gasteiger partial charge in [-0.15, -0.1) is 0 Å². The molecular weight excluding hydrogens is 220 g/mol. The summed E-state index contributed by atoms with van der Waals surface area (Å²) in [7, 11) is 2.08. The van der Waals surface area contributed by atoms with Gasteiger partial charge in [-0.25, -0.2) is 0 Å². The van der Waals surface area contributed by atoms with E-state index in [1.165, 1.54) is 16.4 Å². The van der Waals surface area contributed by atoms with Gasteiger partial charge in [0.1, 0.15) is 0 Å². The van der Waals surface area contributed by atoms with Gasteiger partial charge < -0.3 is 4.57 Å². The second-order valence-electron chi connectivity index (χ2n) is 3.45. The average molecular weight is 242 g/mol. The van der Waals surface area contributed by atoms with E-state index in [2.05, 4.69) is 46.9 Å². The summed E-state index contributed by atoms with van der Waals surface area (Å²) in [6.07, 6.45) is 1.84. The molecule has 3 rings (SSSR count). The third-order valence-corrected chi connectivity index (χ3v) is 2.67. The van der Waals surface area contributed by atoms with Crippen LogP contribution in [0.3, 0.4) is 0 Å². The van der Waals surface area contributed by atoms with Crippen LogP contribution in [-0.4, -0.2) is 9.55 Å². The largest absolute Gasteiger partial charge is 0.342 e. The summed E-state index contributed by atoms with van der Waals surface area (Å²) >= 11 is 0. The van der Waals surface area contributed by atoms with Crippen LogP contribution in [0.25, 0.3) is 21.9 Å². The molecule has 96 valence electrons. The van der Waals surface area contributed by atoms with Crippen molar-refractivity contribution in [3.05, 3.63) is 42.6 Å². The smallest absolute Gasteiger partial charge is 0.0959 e. The molecule has 0 unspecified atom stereocenters. The molecule has 2 heteroatoms. The SMILES string of the molecule is CC.CC.Cn1c2ccccc2c2ncccc21. The topological polar surface area (TPSA) is 17.8 Å². The standard InChI is InChI=1S/C12H10N2.2C2H6/c1-14-10-6-3-2-5-9(10)12-11(14)7-4-8-13-12;2*1-2/h2-8H,1H3;2*1-2H3. The molecule has 0 N–H and O–H groups in total. The van der Waals surface area contributed by atoms with Gasteiger partial charge in [0.05, 0.1) is 16.6 Å². The molecule has 0 aliphatic carbocycles. The zero-order valence-electron chi connectivity index (χ0n) is 11.9. The Morgan fingerprint density at radius 3 is 2.17 bits per heavy atom. The Bertz CT molecular complexity index is 555. The van der Waals surface area contributed by atoms with Crippen molar-refractivity contribution >= 4 is 21.9 Å². The van der Waals surface area contributed by atoms with E-state index in [1.54, 1.807) is 0 Å². The Morgan fingerprint density at radius 1 is 0.833 bits per heavy atom. The molecule has 0 saturated carbocycles. The van der Waals surface area contributed by atoms with Gasteiger partial charge in [-0.3, -0.25) is 4.98 Å². The van der Waals surface area contributed by atoms with Crippen LogP contribution in [0.4, 0.5) is 0 Å². The maximum Gasteiger partial charge on any atom is 0.0959 e. The summed E-state index contributed by atoms with van der Waals surface area (Å²) in [6.45, 7) is 8.00. The Kier molecular flexibility index (Phi) is 5.37. The van der Waals surface area contributed by atoms with E-state index in [1.807, 2.05) is 40.0 Å². The second-order valence-corrected chi connectivity index (χ2v) is 3.45. The van der Waals surface area contributed by atoms with Crippen LogP contribution in [-0.2, 0) is 7.05 Å². The molecule has 0 spiro atoms. The van der Waals surface area contributed by atoms with Crippen LogP contribution in [0.5, 0.6) is 0 Å². The number of hydrogen-bond acceptors (Lipinski definition) is 1. The second kappa shape index (κ2) is 6.80. The third-order valence-electron chi connectivity index (χ3n) is 2.67. The summed E-state index contributed by atoms with van der Waals surface area (Å²) in [5.41, 5.74) is 3.51. The van der Waals surface area contributed by atoms with E-state index in [0.717, 1.165) is 5.52 Å². The Hall–Kier alpha value is -1.83. The summed E-state index contributed by atoms with van der Waals surface area (Å²) < 4.78 is 2.18. The van der Waals surface area contributed by atoms with Crippen molar-refractivity contribution in [1.82, 2.24) is 9.55 Å². The Labute approximate surface area is 109 Å². The molecule has 0 radical (unpaired) electrons. The lowest BCUT2D eigenvalue weighted by Gasteiger charge is -1.95. The molecule has 3 aromatic rings. The van der Waals surface area contributed by atoms with Crippen LogP contribution in [0.15, 0.2) is 42.6 Å². The maximum atomic E-state index is 4.41. The fraction of sp³-hybridized carbons (Fsp3) is 0.312. The third kappa shape index (κ3) is 2.37. The summed E-state index contributed by atoms with van der Waals surface area (Å²) in [4.78, 5) is 4.41. The first-order valence-corrected chi connectivity index (χ1v) is 6.66. The monoisotopic (exact) mass is 242 g/mol. The predicted octanol–water partition coefficient (Wildman–Crippen LogP) is 4.78. The molecule has 0 saturated heterocycles. The lowest BCUT2D eigenvalue weighted by atomic mass is 10.2. The highest BCUT2D eigenvalue weighted by molar-refractivity contribution is 6.05. The van der Waals surface area contributed by atoms with E-state index < -0.39 is 0 Å².